The number of quaternary nitrogens is 1. The van der Waals surface area contributed by atoms with Gasteiger partial charge in [-0.3, -0.25) is 0 Å². The topological polar surface area (TPSA) is 61.6 Å². The maximum atomic E-state index is 10.2. The Bertz CT molecular complexity index is 500. The van der Waals surface area contributed by atoms with Gasteiger partial charge >= 0.3 is 0 Å². The molecule has 1 fully saturated rings. The van der Waals surface area contributed by atoms with Crippen molar-refractivity contribution in [2.75, 3.05) is 40.5 Å². The van der Waals surface area contributed by atoms with E-state index >= 15 is 0 Å². The first-order valence-electron chi connectivity index (χ1n) is 8.47. The molecule has 1 aliphatic heterocycles. The van der Waals surface area contributed by atoms with Crippen molar-refractivity contribution in [2.24, 2.45) is 0 Å². The van der Waals surface area contributed by atoms with Gasteiger partial charge in [0.15, 0.2) is 11.5 Å². The molecule has 6 nitrogen and oxygen atoms in total. The molecule has 0 amide bonds. The maximum absolute atomic E-state index is 10.2. The largest absolute Gasteiger partial charge is 0.493 e. The Kier molecular flexibility index (Phi) is 7.30. The molecule has 1 aromatic carbocycles. The van der Waals surface area contributed by atoms with E-state index in [0.717, 1.165) is 18.7 Å². The van der Waals surface area contributed by atoms with Crippen LogP contribution in [0.4, 0.5) is 0 Å². The molecule has 1 aliphatic rings. The summed E-state index contributed by atoms with van der Waals surface area (Å²) in [5, 5.41) is 10.2. The summed E-state index contributed by atoms with van der Waals surface area (Å²) in [5.41, 5.74) is 0.987. The van der Waals surface area contributed by atoms with Gasteiger partial charge in [-0.25, -0.2) is 0 Å². The third kappa shape index (κ3) is 5.63. The molecular formula is C18H30NO5+. The van der Waals surface area contributed by atoms with Crippen molar-refractivity contribution in [3.05, 3.63) is 23.8 Å². The standard InChI is InChI=1S/C18H29NO5/c1-13-8-19(9-14(2)24-13)10-16(20)12-23-11-15-5-6-17(21-3)18(7-15)22-4/h5-7,13-14,16,20H,8-12H2,1-4H3/p+1/t13-,14-,16-/m0/s1. The number of nitrogens with one attached hydrogen (secondary N) is 1. The minimum absolute atomic E-state index is 0.239. The number of benzene rings is 1. The van der Waals surface area contributed by atoms with Crippen LogP contribution in [0, 0.1) is 0 Å². The molecule has 0 unspecified atom stereocenters. The van der Waals surface area contributed by atoms with Crippen LogP contribution in [0.3, 0.4) is 0 Å². The van der Waals surface area contributed by atoms with Crippen LogP contribution < -0.4 is 14.4 Å². The first kappa shape index (κ1) is 19.0. The molecule has 1 aromatic rings. The van der Waals surface area contributed by atoms with Gasteiger partial charge in [0.25, 0.3) is 0 Å². The number of aliphatic hydroxyl groups excluding tert-OH is 1. The predicted octanol–water partition coefficient (Wildman–Crippen LogP) is 0.273. The van der Waals surface area contributed by atoms with Gasteiger partial charge in [0.1, 0.15) is 37.9 Å². The fraction of sp³-hybridized carbons (Fsp3) is 0.667. The Morgan fingerprint density at radius 2 is 1.83 bits per heavy atom. The zero-order chi connectivity index (χ0) is 17.5. The number of morpholine rings is 1. The average molecular weight is 340 g/mol. The molecule has 6 heteroatoms. The fourth-order valence-electron chi connectivity index (χ4n) is 3.23. The van der Waals surface area contributed by atoms with Crippen LogP contribution in [0.5, 0.6) is 11.5 Å². The summed E-state index contributed by atoms with van der Waals surface area (Å²) < 4.78 is 21.9. The van der Waals surface area contributed by atoms with Crippen LogP contribution in [0.2, 0.25) is 0 Å². The molecular weight excluding hydrogens is 310 g/mol. The minimum atomic E-state index is -0.474. The molecule has 136 valence electrons. The Morgan fingerprint density at radius 3 is 2.46 bits per heavy atom. The van der Waals surface area contributed by atoms with Gasteiger partial charge in [0.05, 0.1) is 27.4 Å². The quantitative estimate of drug-likeness (QED) is 0.712. The van der Waals surface area contributed by atoms with E-state index in [-0.39, 0.29) is 12.2 Å². The summed E-state index contributed by atoms with van der Waals surface area (Å²) >= 11 is 0. The monoisotopic (exact) mass is 340 g/mol. The smallest absolute Gasteiger partial charge is 0.161 e. The maximum Gasteiger partial charge on any atom is 0.161 e. The van der Waals surface area contributed by atoms with Gasteiger partial charge in [0, 0.05) is 0 Å². The van der Waals surface area contributed by atoms with E-state index in [1.165, 1.54) is 4.90 Å². The number of hydrogen-bond acceptors (Lipinski definition) is 5. The highest BCUT2D eigenvalue weighted by atomic mass is 16.5. The number of methoxy groups -OCH3 is 2. The third-order valence-electron chi connectivity index (χ3n) is 4.17. The molecule has 24 heavy (non-hydrogen) atoms. The third-order valence-corrected chi connectivity index (χ3v) is 4.17. The minimum Gasteiger partial charge on any atom is -0.493 e. The number of rotatable bonds is 8. The van der Waals surface area contributed by atoms with Crippen molar-refractivity contribution in [2.45, 2.75) is 38.8 Å². The highest BCUT2D eigenvalue weighted by molar-refractivity contribution is 5.42. The summed E-state index contributed by atoms with van der Waals surface area (Å²) in [6.45, 7) is 7.45. The number of hydrogen-bond donors (Lipinski definition) is 2. The molecule has 2 rings (SSSR count). The van der Waals surface area contributed by atoms with Gasteiger partial charge in [-0.05, 0) is 31.5 Å². The van der Waals surface area contributed by atoms with Crippen LogP contribution in [0.25, 0.3) is 0 Å². The lowest BCUT2D eigenvalue weighted by molar-refractivity contribution is -0.918. The molecule has 0 bridgehead atoms. The molecule has 1 saturated heterocycles. The zero-order valence-corrected chi connectivity index (χ0v) is 15.1. The summed E-state index contributed by atoms with van der Waals surface area (Å²) in [6.07, 6.45) is 0.00455. The fourth-order valence-corrected chi connectivity index (χ4v) is 3.23. The van der Waals surface area contributed by atoms with E-state index in [2.05, 4.69) is 13.8 Å². The second-order valence-corrected chi connectivity index (χ2v) is 6.48. The zero-order valence-electron chi connectivity index (χ0n) is 15.1. The predicted molar refractivity (Wildman–Crippen MR) is 90.8 cm³/mol. The lowest BCUT2D eigenvalue weighted by Gasteiger charge is -2.33. The Labute approximate surface area is 144 Å². The first-order chi connectivity index (χ1) is 11.5. The van der Waals surface area contributed by atoms with Gasteiger partial charge < -0.3 is 29.0 Å². The molecule has 0 aliphatic carbocycles. The van der Waals surface area contributed by atoms with Crippen molar-refractivity contribution in [1.29, 1.82) is 0 Å². The molecule has 0 spiro atoms. The van der Waals surface area contributed by atoms with Crippen LogP contribution in [0.1, 0.15) is 19.4 Å². The van der Waals surface area contributed by atoms with Gasteiger partial charge in [0.2, 0.25) is 0 Å². The lowest BCUT2D eigenvalue weighted by Crippen LogP contribution is -3.16. The van der Waals surface area contributed by atoms with E-state index in [1.807, 2.05) is 18.2 Å². The van der Waals surface area contributed by atoms with Gasteiger partial charge in [-0.1, -0.05) is 6.07 Å². The first-order valence-corrected chi connectivity index (χ1v) is 8.47. The van der Waals surface area contributed by atoms with Gasteiger partial charge in [-0.15, -0.1) is 0 Å². The molecule has 3 atom stereocenters. The van der Waals surface area contributed by atoms with E-state index in [1.54, 1.807) is 14.2 Å². The van der Waals surface area contributed by atoms with Crippen molar-refractivity contribution >= 4 is 0 Å². The SMILES string of the molecule is COc1ccc(COC[C@@H](O)C[NH+]2C[C@H](C)O[C@@H](C)C2)cc1OC. The van der Waals surface area contributed by atoms with Crippen LogP contribution in [0.15, 0.2) is 18.2 Å². The van der Waals surface area contributed by atoms with Crippen molar-refractivity contribution in [1.82, 2.24) is 0 Å². The van der Waals surface area contributed by atoms with E-state index < -0.39 is 6.10 Å². The lowest BCUT2D eigenvalue weighted by atomic mass is 10.2. The normalized spacial score (nSPS) is 25.3. The van der Waals surface area contributed by atoms with Crippen LogP contribution >= 0.6 is 0 Å². The molecule has 2 N–H and O–H groups in total. The molecule has 0 saturated carbocycles. The summed E-state index contributed by atoms with van der Waals surface area (Å²) in [5.74, 6) is 1.38. The summed E-state index contributed by atoms with van der Waals surface area (Å²) in [7, 11) is 3.22. The second kappa shape index (κ2) is 9.22. The Balaban J connectivity index is 1.75. The van der Waals surface area contributed by atoms with Crippen LogP contribution in [-0.2, 0) is 16.1 Å². The van der Waals surface area contributed by atoms with Gasteiger partial charge in [-0.2, -0.15) is 0 Å². The van der Waals surface area contributed by atoms with Crippen LogP contribution in [-0.4, -0.2) is 63.9 Å². The molecule has 0 aromatic heterocycles. The van der Waals surface area contributed by atoms with Crippen molar-refractivity contribution in [3.8, 4) is 11.5 Å². The van der Waals surface area contributed by atoms with E-state index in [4.69, 9.17) is 18.9 Å². The summed E-state index contributed by atoms with van der Waals surface area (Å²) in [4.78, 5) is 1.36. The highest BCUT2D eigenvalue weighted by Crippen LogP contribution is 2.27. The molecule has 0 radical (unpaired) electrons. The van der Waals surface area contributed by atoms with Crippen molar-refractivity contribution in [3.63, 3.8) is 0 Å². The Morgan fingerprint density at radius 1 is 1.17 bits per heavy atom. The highest BCUT2D eigenvalue weighted by Gasteiger charge is 2.27. The molecule has 1 heterocycles. The number of aliphatic hydroxyl groups is 1. The van der Waals surface area contributed by atoms with E-state index in [0.29, 0.717) is 31.3 Å². The van der Waals surface area contributed by atoms with Crippen molar-refractivity contribution < 1.29 is 29.0 Å². The number of ether oxygens (including phenoxy) is 4. The average Bonchev–Trinajstić information content (AvgIpc) is 2.53. The Hall–Kier alpha value is -1.34. The second-order valence-electron chi connectivity index (χ2n) is 6.48. The summed E-state index contributed by atoms with van der Waals surface area (Å²) in [6, 6.07) is 5.68. The van der Waals surface area contributed by atoms with E-state index in [9.17, 15) is 5.11 Å².